The molecule has 0 aliphatic carbocycles. The second kappa shape index (κ2) is 5.56. The second-order valence-corrected chi connectivity index (χ2v) is 8.19. The van der Waals surface area contributed by atoms with Crippen molar-refractivity contribution in [3.05, 3.63) is 43.1 Å². The van der Waals surface area contributed by atoms with E-state index in [1.807, 2.05) is 15.5 Å². The summed E-state index contributed by atoms with van der Waals surface area (Å²) in [6, 6.07) is 5.40. The minimum Gasteiger partial charge on any atom is -0.384 e. The second-order valence-electron chi connectivity index (χ2n) is 6.55. The van der Waals surface area contributed by atoms with E-state index in [2.05, 4.69) is 0 Å². The molecule has 2 atom stereocenters. The smallest absolute Gasteiger partial charge is 0.267 e. The molecule has 126 valence electrons. The number of hydrogen-bond donors (Lipinski definition) is 1. The highest BCUT2D eigenvalue weighted by Gasteiger charge is 2.37. The molecule has 2 aliphatic heterocycles. The molecule has 0 saturated carbocycles. The van der Waals surface area contributed by atoms with Crippen LogP contribution in [0, 0.1) is 9.87 Å². The lowest BCUT2D eigenvalue weighted by molar-refractivity contribution is 0.0600. The van der Waals surface area contributed by atoms with Crippen molar-refractivity contribution >= 4 is 35.3 Å². The molecule has 24 heavy (non-hydrogen) atoms. The molecule has 4 rings (SSSR count). The summed E-state index contributed by atoms with van der Waals surface area (Å²) < 4.78 is 4.14. The van der Waals surface area contributed by atoms with Crippen LogP contribution in [-0.2, 0) is 13.6 Å². The first-order chi connectivity index (χ1) is 11.5. The van der Waals surface area contributed by atoms with E-state index in [9.17, 15) is 9.59 Å². The Morgan fingerprint density at radius 3 is 2.83 bits per heavy atom. The van der Waals surface area contributed by atoms with E-state index in [-0.39, 0.29) is 17.4 Å². The van der Waals surface area contributed by atoms with Gasteiger partial charge in [-0.2, -0.15) is 0 Å². The van der Waals surface area contributed by atoms with Crippen LogP contribution in [0.5, 0.6) is 0 Å². The normalized spacial score (nSPS) is 22.3. The molecular weight excluding hydrogens is 344 g/mol. The van der Waals surface area contributed by atoms with Crippen LogP contribution in [-0.4, -0.2) is 33.0 Å². The number of carbonyl (C=O) groups excluding carboxylic acids is 1. The maximum absolute atomic E-state index is 12.9. The third-order valence-electron chi connectivity index (χ3n) is 5.02. The molecule has 2 N–H and O–H groups in total. The maximum atomic E-state index is 12.9. The maximum Gasteiger partial charge on any atom is 0.267 e. The van der Waals surface area contributed by atoms with E-state index >= 15 is 0 Å². The molecule has 2 bridgehead atoms. The Kier molecular flexibility index (Phi) is 3.61. The van der Waals surface area contributed by atoms with Gasteiger partial charge in [0.2, 0.25) is 0 Å². The Hall–Kier alpha value is -1.93. The number of hydrogen-bond acceptors (Lipinski definition) is 5. The molecule has 0 aromatic carbocycles. The Morgan fingerprint density at radius 2 is 2.12 bits per heavy atom. The van der Waals surface area contributed by atoms with Gasteiger partial charge < -0.3 is 19.8 Å². The fourth-order valence-electron chi connectivity index (χ4n) is 3.82. The lowest BCUT2D eigenvalue weighted by Gasteiger charge is -2.42. The first-order valence-electron chi connectivity index (χ1n) is 7.90. The van der Waals surface area contributed by atoms with Crippen LogP contribution >= 0.6 is 23.6 Å². The molecular formula is C16H18N4O2S2. The Bertz CT molecular complexity index is 942. The summed E-state index contributed by atoms with van der Waals surface area (Å²) in [5.41, 5.74) is 7.12. The number of nitrogens with two attached hydrogens (primary N) is 1. The van der Waals surface area contributed by atoms with Crippen LogP contribution in [0.3, 0.4) is 0 Å². The molecule has 0 radical (unpaired) electrons. The molecule has 0 spiro atoms. The summed E-state index contributed by atoms with van der Waals surface area (Å²) in [7, 11) is 1.78. The number of thiazole rings is 1. The number of aromatic nitrogens is 2. The summed E-state index contributed by atoms with van der Waals surface area (Å²) in [5, 5.41) is 0. The van der Waals surface area contributed by atoms with E-state index in [1.165, 1.54) is 11.3 Å². The molecule has 4 heterocycles. The third kappa shape index (κ3) is 2.32. The number of amides is 1. The van der Waals surface area contributed by atoms with Crippen molar-refractivity contribution in [2.45, 2.75) is 18.9 Å². The number of anilines is 1. The van der Waals surface area contributed by atoms with Gasteiger partial charge in [-0.05, 0) is 30.6 Å². The average molecular weight is 362 g/mol. The Labute approximate surface area is 148 Å². The molecule has 1 saturated heterocycles. The highest BCUT2D eigenvalue weighted by Crippen LogP contribution is 2.36. The van der Waals surface area contributed by atoms with Crippen molar-refractivity contribution in [1.82, 2.24) is 14.0 Å². The molecule has 8 heteroatoms. The van der Waals surface area contributed by atoms with Gasteiger partial charge >= 0.3 is 0 Å². The quantitative estimate of drug-likeness (QED) is 0.786. The molecule has 1 fully saturated rings. The van der Waals surface area contributed by atoms with E-state index in [1.54, 1.807) is 23.7 Å². The molecule has 2 aliphatic rings. The zero-order valence-electron chi connectivity index (χ0n) is 13.3. The van der Waals surface area contributed by atoms with E-state index < -0.39 is 0 Å². The number of fused-ring (bicyclic) bond motifs is 4. The Morgan fingerprint density at radius 1 is 1.33 bits per heavy atom. The van der Waals surface area contributed by atoms with Gasteiger partial charge in [0.15, 0.2) is 3.95 Å². The van der Waals surface area contributed by atoms with Gasteiger partial charge in [-0.25, -0.2) is 0 Å². The highest BCUT2D eigenvalue weighted by molar-refractivity contribution is 7.73. The number of nitrogen functional groups attached to an aromatic ring is 1. The third-order valence-corrected chi connectivity index (χ3v) is 6.58. The lowest BCUT2D eigenvalue weighted by Crippen LogP contribution is -2.49. The topological polar surface area (TPSA) is 73.3 Å². The number of nitrogens with zero attached hydrogens (tertiary/aromatic N) is 3. The summed E-state index contributed by atoms with van der Waals surface area (Å²) in [5.74, 6) is 0.888. The van der Waals surface area contributed by atoms with Gasteiger partial charge in [0.05, 0.1) is 0 Å². The van der Waals surface area contributed by atoms with Gasteiger partial charge in [-0.15, -0.1) is 0 Å². The molecule has 0 unspecified atom stereocenters. The average Bonchev–Trinajstić information content (AvgIpc) is 2.82. The zero-order valence-corrected chi connectivity index (χ0v) is 14.9. The fourth-order valence-corrected chi connectivity index (χ4v) is 5.03. The van der Waals surface area contributed by atoms with Gasteiger partial charge in [-0.3, -0.25) is 9.59 Å². The molecule has 2 aromatic rings. The van der Waals surface area contributed by atoms with Gasteiger partial charge in [0.1, 0.15) is 10.7 Å². The molecule has 6 nitrogen and oxygen atoms in total. The van der Waals surface area contributed by atoms with Gasteiger partial charge in [0, 0.05) is 44.4 Å². The standard InChI is InChI=1S/C16H18N4O2S2/c1-18-14(17)13(24-16(18)23)15(22)19-6-9-5-10(8-19)11-3-2-4-12(21)20(11)7-9/h2-4,9-10H,5-8,17H2,1H3/t9-,10+/m1/s1. The lowest BCUT2D eigenvalue weighted by atomic mass is 9.83. The van der Waals surface area contributed by atoms with Crippen molar-refractivity contribution in [1.29, 1.82) is 0 Å². The van der Waals surface area contributed by atoms with Crippen molar-refractivity contribution in [2.24, 2.45) is 13.0 Å². The largest absolute Gasteiger partial charge is 0.384 e. The number of rotatable bonds is 1. The number of carbonyl (C=O) groups is 1. The predicted octanol–water partition coefficient (Wildman–Crippen LogP) is 1.82. The molecule has 1 amide bonds. The van der Waals surface area contributed by atoms with E-state index in [4.69, 9.17) is 18.0 Å². The summed E-state index contributed by atoms with van der Waals surface area (Å²) in [6.45, 7) is 1.95. The summed E-state index contributed by atoms with van der Waals surface area (Å²) in [4.78, 5) is 27.4. The first-order valence-corrected chi connectivity index (χ1v) is 9.12. The van der Waals surface area contributed by atoms with Gasteiger partial charge in [-0.1, -0.05) is 17.4 Å². The number of pyridine rings is 1. The van der Waals surface area contributed by atoms with Crippen LogP contribution in [0.1, 0.15) is 27.7 Å². The predicted molar refractivity (Wildman–Crippen MR) is 96.0 cm³/mol. The van der Waals surface area contributed by atoms with E-state index in [0.29, 0.717) is 40.2 Å². The van der Waals surface area contributed by atoms with Crippen LogP contribution in [0.15, 0.2) is 23.0 Å². The number of piperidine rings is 1. The highest BCUT2D eigenvalue weighted by atomic mass is 32.1. The Balaban J connectivity index is 1.66. The SMILES string of the molecule is Cn1c(N)c(C(=O)N2C[C@H]3C[C@@H](C2)c2cccc(=O)n2C3)sc1=S. The van der Waals surface area contributed by atoms with Crippen molar-refractivity contribution < 1.29 is 4.79 Å². The van der Waals surface area contributed by atoms with E-state index in [0.717, 1.165) is 12.1 Å². The summed E-state index contributed by atoms with van der Waals surface area (Å²) in [6.07, 6.45) is 1.02. The van der Waals surface area contributed by atoms with Crippen LogP contribution in [0.4, 0.5) is 5.82 Å². The minimum absolute atomic E-state index is 0.0484. The summed E-state index contributed by atoms with van der Waals surface area (Å²) >= 11 is 6.49. The van der Waals surface area contributed by atoms with Crippen LogP contribution < -0.4 is 11.3 Å². The monoisotopic (exact) mass is 362 g/mol. The molecule has 2 aromatic heterocycles. The van der Waals surface area contributed by atoms with Gasteiger partial charge in [0.25, 0.3) is 11.5 Å². The van der Waals surface area contributed by atoms with Crippen LogP contribution in [0.25, 0.3) is 0 Å². The number of likely N-dealkylation sites (tertiary alicyclic amines) is 1. The zero-order chi connectivity index (χ0) is 17.0. The van der Waals surface area contributed by atoms with Crippen LogP contribution in [0.2, 0.25) is 0 Å². The van der Waals surface area contributed by atoms with Crippen molar-refractivity contribution in [2.75, 3.05) is 18.8 Å². The minimum atomic E-state index is -0.0503. The fraction of sp³-hybridized carbons (Fsp3) is 0.438. The van der Waals surface area contributed by atoms with Crippen molar-refractivity contribution in [3.63, 3.8) is 0 Å². The van der Waals surface area contributed by atoms with Crippen molar-refractivity contribution in [3.8, 4) is 0 Å². The first kappa shape index (κ1) is 15.6.